The van der Waals surface area contributed by atoms with Gasteiger partial charge in [-0.05, 0) is 52.6 Å². The minimum atomic E-state index is -0.794. The molecule has 1 heterocycles. The fourth-order valence-electron chi connectivity index (χ4n) is 2.50. The fraction of sp³-hybridized carbons (Fsp3) is 0.182. The quantitative estimate of drug-likeness (QED) is 0.490. The summed E-state index contributed by atoms with van der Waals surface area (Å²) in [4.78, 5) is 23.0. The van der Waals surface area contributed by atoms with E-state index in [-0.39, 0.29) is 6.42 Å². The Morgan fingerprint density at radius 1 is 1.25 bits per heavy atom. The molecule has 0 bridgehead atoms. The summed E-state index contributed by atoms with van der Waals surface area (Å²) in [7, 11) is 1.86. The maximum Gasteiger partial charge on any atom is 0.307 e. The van der Waals surface area contributed by atoms with E-state index >= 15 is 0 Å². The van der Waals surface area contributed by atoms with Crippen molar-refractivity contribution in [3.05, 3.63) is 76.2 Å². The van der Waals surface area contributed by atoms with Gasteiger partial charge in [-0.2, -0.15) is 0 Å². The van der Waals surface area contributed by atoms with Gasteiger partial charge in [0.1, 0.15) is 0 Å². The largest absolute Gasteiger partial charge is 0.481 e. The van der Waals surface area contributed by atoms with Gasteiger partial charge in [0, 0.05) is 24.1 Å². The molecule has 0 radical (unpaired) electrons. The first-order valence-corrected chi connectivity index (χ1v) is 10.8. The summed E-state index contributed by atoms with van der Waals surface area (Å²) in [6.07, 6.45) is 11.4. The van der Waals surface area contributed by atoms with E-state index in [0.717, 1.165) is 40.0 Å². The Balaban J connectivity index is 0.000000203. The van der Waals surface area contributed by atoms with Gasteiger partial charge < -0.3 is 10.4 Å². The van der Waals surface area contributed by atoms with Gasteiger partial charge >= 0.3 is 5.97 Å². The highest BCUT2D eigenvalue weighted by molar-refractivity contribution is 7.98. The van der Waals surface area contributed by atoms with Crippen molar-refractivity contribution in [3.8, 4) is 11.1 Å². The summed E-state index contributed by atoms with van der Waals surface area (Å²) in [5.41, 5.74) is 4.21. The number of carboxylic acid groups (broad SMARTS) is 1. The normalized spacial score (nSPS) is 12.8. The molecule has 0 amide bonds. The van der Waals surface area contributed by atoms with Crippen molar-refractivity contribution in [2.45, 2.75) is 17.7 Å². The summed E-state index contributed by atoms with van der Waals surface area (Å²) in [5, 5.41) is 13.6. The van der Waals surface area contributed by atoms with Crippen LogP contribution in [-0.4, -0.2) is 30.7 Å². The van der Waals surface area contributed by atoms with Crippen LogP contribution in [0.1, 0.15) is 22.5 Å². The van der Waals surface area contributed by atoms with Gasteiger partial charge in [0.25, 0.3) is 0 Å². The van der Waals surface area contributed by atoms with Crippen LogP contribution in [0.15, 0.2) is 76.2 Å². The summed E-state index contributed by atoms with van der Waals surface area (Å²) >= 11 is 3.21. The number of carbonyl (C=O) groups excluding carboxylic acids is 1. The lowest BCUT2D eigenvalue weighted by molar-refractivity contribution is -0.136. The van der Waals surface area contributed by atoms with Crippen molar-refractivity contribution in [3.63, 3.8) is 0 Å². The third-order valence-corrected chi connectivity index (χ3v) is 5.61. The van der Waals surface area contributed by atoms with Crippen LogP contribution in [0.4, 0.5) is 0 Å². The Hall–Kier alpha value is -2.57. The van der Waals surface area contributed by atoms with E-state index in [1.165, 1.54) is 16.2 Å². The second-order valence-corrected chi connectivity index (χ2v) is 7.77. The Morgan fingerprint density at radius 2 is 2.00 bits per heavy atom. The molecule has 1 aromatic carbocycles. The first kappa shape index (κ1) is 21.7. The molecule has 1 aliphatic carbocycles. The highest BCUT2D eigenvalue weighted by atomic mass is 32.2. The lowest BCUT2D eigenvalue weighted by Crippen LogP contribution is -2.03. The molecule has 2 N–H and O–H groups in total. The zero-order valence-electron chi connectivity index (χ0n) is 15.8. The molecular formula is C22H23NO3S2. The Morgan fingerprint density at radius 3 is 2.57 bits per heavy atom. The molecule has 1 aliphatic rings. The second kappa shape index (κ2) is 11.3. The summed E-state index contributed by atoms with van der Waals surface area (Å²) in [6, 6.07) is 10.3. The number of hydrogen-bond acceptors (Lipinski definition) is 5. The zero-order chi connectivity index (χ0) is 20.4. The van der Waals surface area contributed by atoms with Crippen LogP contribution in [0.5, 0.6) is 0 Å². The first-order chi connectivity index (χ1) is 13.5. The molecule has 2 aromatic rings. The van der Waals surface area contributed by atoms with Crippen molar-refractivity contribution in [1.82, 2.24) is 5.32 Å². The van der Waals surface area contributed by atoms with Gasteiger partial charge in [0.2, 0.25) is 0 Å². The number of aliphatic carboxylic acids is 1. The number of rotatable bonds is 6. The first-order valence-electron chi connectivity index (χ1n) is 8.69. The second-order valence-electron chi connectivity index (χ2n) is 5.94. The predicted octanol–water partition coefficient (Wildman–Crippen LogP) is 5.40. The molecular weight excluding hydrogens is 390 g/mol. The third-order valence-electron chi connectivity index (χ3n) is 4.00. The molecule has 0 fully saturated rings. The maximum atomic E-state index is 10.6. The Labute approximate surface area is 173 Å². The number of benzene rings is 1. The standard InChI is InChI=1S/C12H10OS2.C10H13NO2/c1-14-11-4-2-9(3-5-11)10-6-12(7-13)15-8-10;1-11-9-4-2-3-8(5-6-9)7-10(12)13/h2-8H,1H3;2-3,5-6,11H,4,7H2,1H3,(H,12,13). The molecule has 0 aliphatic heterocycles. The smallest absolute Gasteiger partial charge is 0.307 e. The van der Waals surface area contributed by atoms with Gasteiger partial charge in [0.15, 0.2) is 6.29 Å². The van der Waals surface area contributed by atoms with E-state index in [1.54, 1.807) is 11.8 Å². The number of hydrogen-bond donors (Lipinski definition) is 2. The number of thiophene rings is 1. The molecule has 0 saturated heterocycles. The van der Waals surface area contributed by atoms with Gasteiger partial charge in [0.05, 0.1) is 11.3 Å². The van der Waals surface area contributed by atoms with E-state index in [0.29, 0.717) is 0 Å². The van der Waals surface area contributed by atoms with Crippen molar-refractivity contribution >= 4 is 35.4 Å². The Kier molecular flexibility index (Phi) is 8.78. The van der Waals surface area contributed by atoms with Crippen molar-refractivity contribution in [2.24, 2.45) is 0 Å². The highest BCUT2D eigenvalue weighted by Gasteiger charge is 2.03. The van der Waals surface area contributed by atoms with Crippen LogP contribution in [-0.2, 0) is 4.79 Å². The third kappa shape index (κ3) is 6.87. The number of carbonyl (C=O) groups is 2. The van der Waals surface area contributed by atoms with E-state index in [1.807, 2.05) is 42.8 Å². The molecule has 6 heteroatoms. The van der Waals surface area contributed by atoms with Crippen LogP contribution >= 0.6 is 23.1 Å². The molecule has 28 heavy (non-hydrogen) atoms. The molecule has 0 unspecified atom stereocenters. The predicted molar refractivity (Wildman–Crippen MR) is 118 cm³/mol. The zero-order valence-corrected chi connectivity index (χ0v) is 17.5. The molecule has 0 spiro atoms. The molecule has 0 atom stereocenters. The molecule has 146 valence electrons. The van der Waals surface area contributed by atoms with Crippen LogP contribution in [0.25, 0.3) is 11.1 Å². The molecule has 4 nitrogen and oxygen atoms in total. The minimum absolute atomic E-state index is 0.0873. The van der Waals surface area contributed by atoms with Crippen molar-refractivity contribution in [1.29, 1.82) is 0 Å². The SMILES string of the molecule is CNC1=CC=C(CC(=O)O)C=CC1.CSc1ccc(-c2csc(C=O)c2)cc1. The number of thioether (sulfide) groups is 1. The topological polar surface area (TPSA) is 66.4 Å². The van der Waals surface area contributed by atoms with Crippen LogP contribution < -0.4 is 5.32 Å². The average Bonchev–Trinajstić information content (AvgIpc) is 3.09. The van der Waals surface area contributed by atoms with E-state index < -0.39 is 5.97 Å². The average molecular weight is 414 g/mol. The number of nitrogens with one attached hydrogen (secondary N) is 1. The van der Waals surface area contributed by atoms with Gasteiger partial charge in [-0.25, -0.2) is 0 Å². The fourth-order valence-corrected chi connectivity index (χ4v) is 3.62. The van der Waals surface area contributed by atoms with E-state index in [4.69, 9.17) is 5.11 Å². The van der Waals surface area contributed by atoms with Crippen LogP contribution in [0.2, 0.25) is 0 Å². The lowest BCUT2D eigenvalue weighted by atomic mass is 10.1. The Bertz CT molecular complexity index is 893. The van der Waals surface area contributed by atoms with E-state index in [9.17, 15) is 9.59 Å². The molecule has 0 saturated carbocycles. The number of carboxylic acids is 1. The van der Waals surface area contributed by atoms with Crippen LogP contribution in [0.3, 0.4) is 0 Å². The summed E-state index contributed by atoms with van der Waals surface area (Å²) in [5.74, 6) is -0.794. The minimum Gasteiger partial charge on any atom is -0.481 e. The maximum absolute atomic E-state index is 10.6. The monoisotopic (exact) mass is 413 g/mol. The number of allylic oxidation sites excluding steroid dienone is 4. The molecule has 1 aromatic heterocycles. The lowest BCUT2D eigenvalue weighted by Gasteiger charge is -1.99. The van der Waals surface area contributed by atoms with E-state index in [2.05, 4.69) is 35.8 Å². The van der Waals surface area contributed by atoms with Gasteiger partial charge in [-0.15, -0.1) is 23.1 Å². The van der Waals surface area contributed by atoms with Gasteiger partial charge in [-0.3, -0.25) is 9.59 Å². The van der Waals surface area contributed by atoms with Crippen molar-refractivity contribution < 1.29 is 14.7 Å². The summed E-state index contributed by atoms with van der Waals surface area (Å²) < 4.78 is 0. The van der Waals surface area contributed by atoms with Gasteiger partial charge in [-0.1, -0.05) is 30.4 Å². The highest BCUT2D eigenvalue weighted by Crippen LogP contribution is 2.26. The van der Waals surface area contributed by atoms with Crippen LogP contribution in [0, 0.1) is 0 Å². The van der Waals surface area contributed by atoms with Crippen molar-refractivity contribution in [2.75, 3.05) is 13.3 Å². The number of aldehydes is 1. The molecule has 3 rings (SSSR count). The summed E-state index contributed by atoms with van der Waals surface area (Å²) in [6.45, 7) is 0.